The molecular weight excluding hydrogens is 327 g/mol. The summed E-state index contributed by atoms with van der Waals surface area (Å²) < 4.78 is 40.3. The van der Waals surface area contributed by atoms with E-state index in [2.05, 4.69) is 21.8 Å². The number of sulfonamides is 1. The zero-order valence-electron chi connectivity index (χ0n) is 13.4. The standard InChI is InChI=1S/C18H21FN2O2S/c19-16-8-6-15(7-9-16)14-24(22,23)20-17-10-12-21(13-11-17)18-4-2-1-3-5-18/h1-9,17,20H,10-14H2. The average Bonchev–Trinajstić information content (AvgIpc) is 2.58. The number of halogens is 1. The molecule has 1 aliphatic rings. The molecule has 0 spiro atoms. The third-order valence-corrected chi connectivity index (χ3v) is 5.64. The highest BCUT2D eigenvalue weighted by Gasteiger charge is 2.23. The number of benzene rings is 2. The van der Waals surface area contributed by atoms with E-state index in [1.54, 1.807) is 0 Å². The molecular formula is C18H21FN2O2S. The first-order valence-corrected chi connectivity index (χ1v) is 9.71. The van der Waals surface area contributed by atoms with E-state index in [4.69, 9.17) is 0 Å². The molecule has 1 heterocycles. The molecule has 6 heteroatoms. The summed E-state index contributed by atoms with van der Waals surface area (Å²) in [7, 11) is -3.42. The van der Waals surface area contributed by atoms with Gasteiger partial charge in [-0.3, -0.25) is 0 Å². The Kier molecular flexibility index (Phi) is 5.16. The van der Waals surface area contributed by atoms with Gasteiger partial charge in [0.2, 0.25) is 10.0 Å². The first-order chi connectivity index (χ1) is 11.5. The summed E-state index contributed by atoms with van der Waals surface area (Å²) in [5.41, 5.74) is 1.76. The number of hydrogen-bond acceptors (Lipinski definition) is 3. The molecule has 0 atom stereocenters. The van der Waals surface area contributed by atoms with Crippen molar-refractivity contribution in [2.24, 2.45) is 0 Å². The van der Waals surface area contributed by atoms with Crippen molar-refractivity contribution >= 4 is 15.7 Å². The van der Waals surface area contributed by atoms with Crippen molar-refractivity contribution in [3.8, 4) is 0 Å². The highest BCUT2D eigenvalue weighted by Crippen LogP contribution is 2.20. The van der Waals surface area contributed by atoms with Gasteiger partial charge in [-0.05, 0) is 42.7 Å². The summed E-state index contributed by atoms with van der Waals surface area (Å²) >= 11 is 0. The van der Waals surface area contributed by atoms with Gasteiger partial charge >= 0.3 is 0 Å². The SMILES string of the molecule is O=S(=O)(Cc1ccc(F)cc1)NC1CCN(c2ccccc2)CC1. The Morgan fingerprint density at radius 1 is 1.00 bits per heavy atom. The minimum absolute atomic E-state index is 0.0459. The van der Waals surface area contributed by atoms with Crippen LogP contribution in [-0.2, 0) is 15.8 Å². The molecule has 1 aliphatic heterocycles. The van der Waals surface area contributed by atoms with Crippen molar-refractivity contribution < 1.29 is 12.8 Å². The Bertz CT molecular complexity index is 755. The van der Waals surface area contributed by atoms with Gasteiger partial charge in [-0.15, -0.1) is 0 Å². The maximum atomic E-state index is 12.9. The fourth-order valence-electron chi connectivity index (χ4n) is 2.99. The second-order valence-electron chi connectivity index (χ2n) is 6.10. The second kappa shape index (κ2) is 7.32. The summed E-state index contributed by atoms with van der Waals surface area (Å²) in [5.74, 6) is -0.482. The molecule has 24 heavy (non-hydrogen) atoms. The average molecular weight is 348 g/mol. The Labute approximate surface area is 142 Å². The molecule has 0 amide bonds. The van der Waals surface area contributed by atoms with Crippen LogP contribution in [0, 0.1) is 5.82 Å². The van der Waals surface area contributed by atoms with Gasteiger partial charge in [0, 0.05) is 24.8 Å². The van der Waals surface area contributed by atoms with Gasteiger partial charge in [0.25, 0.3) is 0 Å². The second-order valence-corrected chi connectivity index (χ2v) is 7.85. The predicted octanol–water partition coefficient (Wildman–Crippen LogP) is 2.91. The maximum absolute atomic E-state index is 12.9. The number of hydrogen-bond donors (Lipinski definition) is 1. The zero-order chi connectivity index (χ0) is 17.0. The van der Waals surface area contributed by atoms with E-state index in [9.17, 15) is 12.8 Å². The number of anilines is 1. The van der Waals surface area contributed by atoms with Crippen LogP contribution in [-0.4, -0.2) is 27.5 Å². The van der Waals surface area contributed by atoms with E-state index >= 15 is 0 Å². The summed E-state index contributed by atoms with van der Waals surface area (Å²) in [5, 5.41) is 0. The van der Waals surface area contributed by atoms with Crippen LogP contribution >= 0.6 is 0 Å². The van der Waals surface area contributed by atoms with E-state index in [0.717, 1.165) is 25.9 Å². The van der Waals surface area contributed by atoms with Crippen molar-refractivity contribution in [1.82, 2.24) is 4.72 Å². The third kappa shape index (κ3) is 4.55. The molecule has 3 rings (SSSR count). The molecule has 0 unspecified atom stereocenters. The lowest BCUT2D eigenvalue weighted by molar-refractivity contribution is 0.460. The number of para-hydroxylation sites is 1. The van der Waals surface area contributed by atoms with Crippen molar-refractivity contribution in [2.45, 2.75) is 24.6 Å². The van der Waals surface area contributed by atoms with Gasteiger partial charge in [-0.2, -0.15) is 0 Å². The van der Waals surface area contributed by atoms with E-state index in [-0.39, 0.29) is 17.6 Å². The van der Waals surface area contributed by atoms with Crippen molar-refractivity contribution in [3.63, 3.8) is 0 Å². The van der Waals surface area contributed by atoms with Crippen LogP contribution in [0.15, 0.2) is 54.6 Å². The van der Waals surface area contributed by atoms with Crippen LogP contribution in [0.2, 0.25) is 0 Å². The third-order valence-electron chi connectivity index (χ3n) is 4.23. The van der Waals surface area contributed by atoms with Crippen LogP contribution in [0.5, 0.6) is 0 Å². The lowest BCUT2D eigenvalue weighted by atomic mass is 10.1. The summed E-state index contributed by atoms with van der Waals surface area (Å²) in [4.78, 5) is 2.27. The zero-order valence-corrected chi connectivity index (χ0v) is 14.2. The topological polar surface area (TPSA) is 49.4 Å². The number of nitrogens with one attached hydrogen (secondary N) is 1. The fourth-order valence-corrected chi connectivity index (χ4v) is 4.45. The smallest absolute Gasteiger partial charge is 0.216 e. The monoisotopic (exact) mass is 348 g/mol. The molecule has 1 N–H and O–H groups in total. The highest BCUT2D eigenvalue weighted by atomic mass is 32.2. The van der Waals surface area contributed by atoms with Gasteiger partial charge in [0.15, 0.2) is 0 Å². The van der Waals surface area contributed by atoms with Crippen LogP contribution < -0.4 is 9.62 Å². The first kappa shape index (κ1) is 16.9. The quantitative estimate of drug-likeness (QED) is 0.904. The largest absolute Gasteiger partial charge is 0.371 e. The normalized spacial score (nSPS) is 16.3. The highest BCUT2D eigenvalue weighted by molar-refractivity contribution is 7.88. The summed E-state index contributed by atoms with van der Waals surface area (Å²) in [6.07, 6.45) is 1.55. The van der Waals surface area contributed by atoms with Crippen LogP contribution in [0.25, 0.3) is 0 Å². The lowest BCUT2D eigenvalue weighted by Gasteiger charge is -2.33. The van der Waals surface area contributed by atoms with Gasteiger partial charge in [0.1, 0.15) is 5.82 Å². The molecule has 1 saturated heterocycles. The van der Waals surface area contributed by atoms with E-state index < -0.39 is 10.0 Å². The Morgan fingerprint density at radius 3 is 2.25 bits per heavy atom. The van der Waals surface area contributed by atoms with Crippen molar-refractivity contribution in [2.75, 3.05) is 18.0 Å². The Balaban J connectivity index is 1.54. The van der Waals surface area contributed by atoms with Gasteiger partial charge in [-0.25, -0.2) is 17.5 Å². The predicted molar refractivity (Wildman–Crippen MR) is 93.8 cm³/mol. The number of rotatable bonds is 5. The molecule has 0 saturated carbocycles. The number of nitrogens with zero attached hydrogens (tertiary/aromatic N) is 1. The van der Waals surface area contributed by atoms with Gasteiger partial charge in [-0.1, -0.05) is 30.3 Å². The van der Waals surface area contributed by atoms with Gasteiger partial charge in [0.05, 0.1) is 5.75 Å². The molecule has 2 aromatic carbocycles. The molecule has 128 valence electrons. The molecule has 2 aromatic rings. The van der Waals surface area contributed by atoms with E-state index in [1.807, 2.05) is 18.2 Å². The van der Waals surface area contributed by atoms with E-state index in [1.165, 1.54) is 30.0 Å². The maximum Gasteiger partial charge on any atom is 0.216 e. The molecule has 1 fully saturated rings. The minimum Gasteiger partial charge on any atom is -0.371 e. The van der Waals surface area contributed by atoms with Crippen molar-refractivity contribution in [1.29, 1.82) is 0 Å². The first-order valence-electron chi connectivity index (χ1n) is 8.06. The summed E-state index contributed by atoms with van der Waals surface area (Å²) in [6, 6.07) is 15.7. The Morgan fingerprint density at radius 2 is 1.62 bits per heavy atom. The molecule has 0 aliphatic carbocycles. The lowest BCUT2D eigenvalue weighted by Crippen LogP contribution is -2.45. The minimum atomic E-state index is -3.42. The van der Waals surface area contributed by atoms with Crippen LogP contribution in [0.4, 0.5) is 10.1 Å². The molecule has 0 bridgehead atoms. The molecule has 0 radical (unpaired) electrons. The number of piperidine rings is 1. The van der Waals surface area contributed by atoms with E-state index in [0.29, 0.717) is 5.56 Å². The van der Waals surface area contributed by atoms with Crippen LogP contribution in [0.1, 0.15) is 18.4 Å². The van der Waals surface area contributed by atoms with Crippen LogP contribution in [0.3, 0.4) is 0 Å². The summed E-state index contributed by atoms with van der Waals surface area (Å²) in [6.45, 7) is 1.65. The molecule has 0 aromatic heterocycles. The molecule has 4 nitrogen and oxygen atoms in total. The van der Waals surface area contributed by atoms with Crippen molar-refractivity contribution in [3.05, 3.63) is 66.0 Å². The Hall–Kier alpha value is -1.92. The fraction of sp³-hybridized carbons (Fsp3) is 0.333. The van der Waals surface area contributed by atoms with Gasteiger partial charge < -0.3 is 4.90 Å².